The summed E-state index contributed by atoms with van der Waals surface area (Å²) < 4.78 is 0. The number of carbonyl (C=O) groups is 3. The Hall–Kier alpha value is -2.90. The highest BCUT2D eigenvalue weighted by Gasteiger charge is 2.28. The van der Waals surface area contributed by atoms with E-state index in [4.69, 9.17) is 5.41 Å². The van der Waals surface area contributed by atoms with Gasteiger partial charge in [-0.3, -0.25) is 25.2 Å². The molecule has 2 aliphatic heterocycles. The molecule has 3 N–H and O–H groups in total. The maximum atomic E-state index is 12.0. The molecule has 2 heterocycles. The van der Waals surface area contributed by atoms with Gasteiger partial charge in [0.25, 0.3) is 0 Å². The van der Waals surface area contributed by atoms with Crippen LogP contribution in [-0.2, 0) is 9.59 Å². The van der Waals surface area contributed by atoms with Gasteiger partial charge in [0.1, 0.15) is 11.6 Å². The molecule has 3 rings (SSSR count). The molecule has 0 atom stereocenters. The van der Waals surface area contributed by atoms with E-state index in [-0.39, 0.29) is 30.5 Å². The van der Waals surface area contributed by atoms with Gasteiger partial charge in [-0.05, 0) is 18.2 Å². The minimum atomic E-state index is -0.568. The smallest absolute Gasteiger partial charge is 0.329 e. The first kappa shape index (κ1) is 16.9. The second-order valence-electron chi connectivity index (χ2n) is 6.11. The number of nitrogens with zero attached hydrogens (tertiary/aromatic N) is 2. The lowest BCUT2D eigenvalue weighted by atomic mass is 10.1. The minimum absolute atomic E-state index is 0.0507. The first-order valence-corrected chi connectivity index (χ1v) is 8.28. The average molecular weight is 343 g/mol. The zero-order valence-electron chi connectivity index (χ0n) is 14.1. The van der Waals surface area contributed by atoms with Crippen LogP contribution in [0.4, 0.5) is 16.2 Å². The number of benzene rings is 1. The first-order chi connectivity index (χ1) is 12.0. The molecule has 3 amide bonds. The number of nitrogens with one attached hydrogen (secondary N) is 3. The Balaban J connectivity index is 1.82. The number of anilines is 2. The van der Waals surface area contributed by atoms with Crippen LogP contribution in [0, 0.1) is 5.41 Å². The Morgan fingerprint density at radius 2 is 1.84 bits per heavy atom. The van der Waals surface area contributed by atoms with Crippen molar-refractivity contribution in [2.24, 2.45) is 0 Å². The summed E-state index contributed by atoms with van der Waals surface area (Å²) in [5.74, 6) is 0.0155. The molecule has 0 aliphatic carbocycles. The van der Waals surface area contributed by atoms with Crippen molar-refractivity contribution < 1.29 is 14.4 Å². The summed E-state index contributed by atoms with van der Waals surface area (Å²) in [6.45, 7) is 1.58. The average Bonchev–Trinajstić information content (AvgIpc) is 2.61. The molecule has 0 unspecified atom stereocenters. The van der Waals surface area contributed by atoms with E-state index < -0.39 is 6.03 Å². The zero-order valence-corrected chi connectivity index (χ0v) is 14.1. The summed E-state index contributed by atoms with van der Waals surface area (Å²) in [5, 5.41) is 13.7. The van der Waals surface area contributed by atoms with E-state index in [1.807, 2.05) is 12.1 Å². The molecular weight excluding hydrogens is 322 g/mol. The molecule has 0 radical (unpaired) electrons. The molecule has 2 aliphatic rings. The second kappa shape index (κ2) is 6.92. The lowest BCUT2D eigenvalue weighted by Crippen LogP contribution is -2.52. The molecule has 132 valence electrons. The predicted octanol–water partition coefficient (Wildman–Crippen LogP) is 1.16. The quantitative estimate of drug-likeness (QED) is 0.564. The SMILES string of the molecule is CNc1cc(N2CCC(=O)CC2)ccc1C(=N)N1CCC(=O)NC1=O. The van der Waals surface area contributed by atoms with Gasteiger partial charge in [0.05, 0.1) is 0 Å². The van der Waals surface area contributed by atoms with Gasteiger partial charge in [-0.1, -0.05) is 0 Å². The number of carbonyl (C=O) groups excluding carboxylic acids is 3. The Kier molecular flexibility index (Phi) is 4.69. The van der Waals surface area contributed by atoms with Gasteiger partial charge in [0.15, 0.2) is 0 Å². The number of amides is 3. The second-order valence-corrected chi connectivity index (χ2v) is 6.11. The summed E-state index contributed by atoms with van der Waals surface area (Å²) in [6, 6.07) is 5.05. The summed E-state index contributed by atoms with van der Waals surface area (Å²) in [6.07, 6.45) is 1.28. The van der Waals surface area contributed by atoms with E-state index >= 15 is 0 Å². The van der Waals surface area contributed by atoms with Crippen LogP contribution >= 0.6 is 0 Å². The molecule has 8 nitrogen and oxygen atoms in total. The summed E-state index contributed by atoms with van der Waals surface area (Å²) in [4.78, 5) is 38.0. The molecule has 2 saturated heterocycles. The molecule has 0 bridgehead atoms. The summed E-state index contributed by atoms with van der Waals surface area (Å²) in [5.41, 5.74) is 2.29. The van der Waals surface area contributed by atoms with Gasteiger partial charge in [0.2, 0.25) is 5.91 Å². The topological polar surface area (TPSA) is 106 Å². The van der Waals surface area contributed by atoms with Gasteiger partial charge in [-0.25, -0.2) is 4.79 Å². The third-order valence-corrected chi connectivity index (χ3v) is 4.54. The molecule has 25 heavy (non-hydrogen) atoms. The first-order valence-electron chi connectivity index (χ1n) is 8.28. The lowest BCUT2D eigenvalue weighted by Gasteiger charge is -2.30. The molecule has 2 fully saturated rings. The fourth-order valence-corrected chi connectivity index (χ4v) is 3.08. The number of rotatable bonds is 3. The van der Waals surface area contributed by atoms with Gasteiger partial charge in [-0.2, -0.15) is 0 Å². The van der Waals surface area contributed by atoms with Gasteiger partial charge < -0.3 is 10.2 Å². The molecule has 0 saturated carbocycles. The largest absolute Gasteiger partial charge is 0.387 e. The number of hydrogen-bond donors (Lipinski definition) is 3. The fraction of sp³-hybridized carbons (Fsp3) is 0.412. The summed E-state index contributed by atoms with van der Waals surface area (Å²) in [7, 11) is 1.76. The fourth-order valence-electron chi connectivity index (χ4n) is 3.08. The van der Waals surface area contributed by atoms with Crippen molar-refractivity contribution in [3.8, 4) is 0 Å². The number of hydrogen-bond acceptors (Lipinski definition) is 6. The van der Waals surface area contributed by atoms with Crippen molar-refractivity contribution in [2.45, 2.75) is 19.3 Å². The Morgan fingerprint density at radius 3 is 2.48 bits per heavy atom. The molecule has 1 aromatic carbocycles. The van der Waals surface area contributed by atoms with Crippen molar-refractivity contribution in [3.05, 3.63) is 23.8 Å². The highest BCUT2D eigenvalue weighted by molar-refractivity contribution is 6.12. The van der Waals surface area contributed by atoms with Crippen molar-refractivity contribution >= 4 is 34.9 Å². The number of piperidine rings is 1. The maximum Gasteiger partial charge on any atom is 0.329 e. The van der Waals surface area contributed by atoms with E-state index in [1.54, 1.807) is 13.1 Å². The van der Waals surface area contributed by atoms with Crippen LogP contribution in [0.5, 0.6) is 0 Å². The number of amidine groups is 1. The minimum Gasteiger partial charge on any atom is -0.387 e. The lowest BCUT2D eigenvalue weighted by molar-refractivity contribution is -0.121. The molecule has 1 aromatic rings. The van der Waals surface area contributed by atoms with Crippen LogP contribution in [-0.4, -0.2) is 55.1 Å². The molecular formula is C17H21N5O3. The molecule has 0 spiro atoms. The maximum absolute atomic E-state index is 12.0. The Bertz CT molecular complexity index is 736. The monoisotopic (exact) mass is 343 g/mol. The van der Waals surface area contributed by atoms with Crippen molar-refractivity contribution in [3.63, 3.8) is 0 Å². The van der Waals surface area contributed by atoms with E-state index in [0.29, 0.717) is 31.5 Å². The molecule has 8 heteroatoms. The van der Waals surface area contributed by atoms with E-state index in [2.05, 4.69) is 15.5 Å². The standard InChI is InChI=1S/C17H21N5O3/c1-19-14-10-11(21-7-4-12(23)5-8-21)2-3-13(14)16(18)22-9-6-15(24)20-17(22)25/h2-3,10,18-19H,4-9H2,1H3,(H,20,24,25). The van der Waals surface area contributed by atoms with Crippen LogP contribution < -0.4 is 15.5 Å². The predicted molar refractivity (Wildman–Crippen MR) is 94.1 cm³/mol. The number of urea groups is 1. The Morgan fingerprint density at radius 1 is 1.12 bits per heavy atom. The number of ketones is 1. The normalized spacial score (nSPS) is 18.2. The van der Waals surface area contributed by atoms with Crippen LogP contribution in [0.3, 0.4) is 0 Å². The summed E-state index contributed by atoms with van der Waals surface area (Å²) >= 11 is 0. The third-order valence-electron chi connectivity index (χ3n) is 4.54. The number of Topliss-reactive ketones (excluding diaryl/α,β-unsaturated/α-hetero) is 1. The van der Waals surface area contributed by atoms with E-state index in [1.165, 1.54) is 4.90 Å². The van der Waals surface area contributed by atoms with Crippen LogP contribution in [0.2, 0.25) is 0 Å². The third kappa shape index (κ3) is 3.47. The highest BCUT2D eigenvalue weighted by Crippen LogP contribution is 2.27. The van der Waals surface area contributed by atoms with Gasteiger partial charge in [-0.15, -0.1) is 0 Å². The van der Waals surface area contributed by atoms with E-state index in [9.17, 15) is 14.4 Å². The van der Waals surface area contributed by atoms with Gasteiger partial charge in [0, 0.05) is 62.9 Å². The van der Waals surface area contributed by atoms with Crippen LogP contribution in [0.25, 0.3) is 0 Å². The van der Waals surface area contributed by atoms with Crippen LogP contribution in [0.1, 0.15) is 24.8 Å². The van der Waals surface area contributed by atoms with Crippen molar-refractivity contribution in [1.29, 1.82) is 5.41 Å². The highest BCUT2D eigenvalue weighted by atomic mass is 16.2. The van der Waals surface area contributed by atoms with Crippen molar-refractivity contribution in [2.75, 3.05) is 36.9 Å². The zero-order chi connectivity index (χ0) is 18.0. The van der Waals surface area contributed by atoms with E-state index in [0.717, 1.165) is 11.4 Å². The Labute approximate surface area is 145 Å². The number of imide groups is 1. The molecule has 0 aromatic heterocycles. The van der Waals surface area contributed by atoms with Crippen molar-refractivity contribution in [1.82, 2.24) is 10.2 Å². The van der Waals surface area contributed by atoms with Crippen LogP contribution in [0.15, 0.2) is 18.2 Å². The van der Waals surface area contributed by atoms with Gasteiger partial charge >= 0.3 is 6.03 Å².